The van der Waals surface area contributed by atoms with Crippen LogP contribution in [0.1, 0.15) is 13.8 Å². The van der Waals surface area contributed by atoms with Crippen molar-refractivity contribution < 1.29 is 14.7 Å². The van der Waals surface area contributed by atoms with E-state index in [0.717, 1.165) is 4.90 Å². The van der Waals surface area contributed by atoms with Crippen molar-refractivity contribution in [1.29, 1.82) is 0 Å². The predicted molar refractivity (Wildman–Crippen MR) is 41.2 cm³/mol. The first-order chi connectivity index (χ1) is 5.57. The Bertz CT molecular complexity index is 215. The molecule has 0 aromatic heterocycles. The second-order valence-electron chi connectivity index (χ2n) is 2.97. The molecule has 5 nitrogen and oxygen atoms in total. The fraction of sp³-hybridized carbons (Fsp3) is 0.714. The third-order valence-electron chi connectivity index (χ3n) is 1.85. The fourth-order valence-electron chi connectivity index (χ4n) is 1.10. The number of imide groups is 1. The molecule has 1 heterocycles. The fourth-order valence-corrected chi connectivity index (χ4v) is 1.10. The summed E-state index contributed by atoms with van der Waals surface area (Å²) in [5.41, 5.74) is 0. The van der Waals surface area contributed by atoms with Gasteiger partial charge in [0.05, 0.1) is 0 Å². The molecule has 0 aliphatic carbocycles. The number of aliphatic hydroxyl groups excluding tert-OH is 1. The summed E-state index contributed by atoms with van der Waals surface area (Å²) in [4.78, 5) is 24.5. The van der Waals surface area contributed by atoms with Gasteiger partial charge in [-0.2, -0.15) is 0 Å². The van der Waals surface area contributed by atoms with Gasteiger partial charge in [0.15, 0.2) is 0 Å². The van der Waals surface area contributed by atoms with Gasteiger partial charge in [-0.3, -0.25) is 4.79 Å². The molecule has 0 spiro atoms. The Labute approximate surface area is 70.6 Å². The maximum absolute atomic E-state index is 11.3. The highest BCUT2D eigenvalue weighted by Gasteiger charge is 2.36. The molecule has 1 aliphatic heterocycles. The first-order valence-corrected chi connectivity index (χ1v) is 3.79. The Morgan fingerprint density at radius 3 is 2.33 bits per heavy atom. The van der Waals surface area contributed by atoms with E-state index in [4.69, 9.17) is 5.11 Å². The average Bonchev–Trinajstić information content (AvgIpc) is 2.27. The van der Waals surface area contributed by atoms with Gasteiger partial charge in [-0.15, -0.1) is 0 Å². The summed E-state index contributed by atoms with van der Waals surface area (Å²) in [6.07, 6.45) is 0. The van der Waals surface area contributed by atoms with E-state index in [1.54, 1.807) is 0 Å². The summed E-state index contributed by atoms with van der Waals surface area (Å²) in [6, 6.07) is -0.407. The highest BCUT2D eigenvalue weighted by Crippen LogP contribution is 2.12. The van der Waals surface area contributed by atoms with Crippen molar-refractivity contribution in [3.05, 3.63) is 0 Å². The smallest absolute Gasteiger partial charge is 0.329 e. The van der Waals surface area contributed by atoms with Crippen molar-refractivity contribution in [2.75, 3.05) is 13.3 Å². The molecular formula is C7H12N2O3. The van der Waals surface area contributed by atoms with Crippen LogP contribution < -0.4 is 0 Å². The zero-order valence-corrected chi connectivity index (χ0v) is 7.15. The predicted octanol–water partition coefficient (Wildman–Crippen LogP) is -0.391. The van der Waals surface area contributed by atoms with Crippen LogP contribution in [0.2, 0.25) is 0 Å². The second-order valence-corrected chi connectivity index (χ2v) is 2.97. The van der Waals surface area contributed by atoms with Crippen LogP contribution in [0.5, 0.6) is 0 Å². The van der Waals surface area contributed by atoms with Crippen molar-refractivity contribution in [1.82, 2.24) is 9.80 Å². The van der Waals surface area contributed by atoms with Gasteiger partial charge in [-0.25, -0.2) is 9.69 Å². The minimum atomic E-state index is -0.527. The summed E-state index contributed by atoms with van der Waals surface area (Å²) in [5.74, 6) is -0.337. The van der Waals surface area contributed by atoms with E-state index in [9.17, 15) is 9.59 Å². The summed E-state index contributed by atoms with van der Waals surface area (Å²) in [5, 5.41) is 8.66. The van der Waals surface area contributed by atoms with E-state index in [-0.39, 0.29) is 18.5 Å². The summed E-state index contributed by atoms with van der Waals surface area (Å²) in [7, 11) is 0. The highest BCUT2D eigenvalue weighted by atomic mass is 16.3. The number of nitrogens with zero attached hydrogens (tertiary/aromatic N) is 2. The average molecular weight is 172 g/mol. The van der Waals surface area contributed by atoms with Crippen LogP contribution in [-0.4, -0.2) is 46.2 Å². The van der Waals surface area contributed by atoms with Crippen LogP contribution in [0.15, 0.2) is 0 Å². The Morgan fingerprint density at radius 1 is 1.50 bits per heavy atom. The third-order valence-corrected chi connectivity index (χ3v) is 1.85. The molecule has 0 aromatic carbocycles. The Morgan fingerprint density at radius 2 is 2.08 bits per heavy atom. The molecule has 1 N–H and O–H groups in total. The molecule has 1 saturated heterocycles. The molecule has 0 saturated carbocycles. The van der Waals surface area contributed by atoms with E-state index < -0.39 is 12.8 Å². The van der Waals surface area contributed by atoms with E-state index in [2.05, 4.69) is 0 Å². The van der Waals surface area contributed by atoms with E-state index in [1.807, 2.05) is 13.8 Å². The zero-order chi connectivity index (χ0) is 9.30. The summed E-state index contributed by atoms with van der Waals surface area (Å²) < 4.78 is 0. The quantitative estimate of drug-likeness (QED) is 0.577. The van der Waals surface area contributed by atoms with Gasteiger partial charge in [0.1, 0.15) is 13.3 Å². The minimum absolute atomic E-state index is 0.00185. The number of aliphatic hydroxyl groups is 1. The van der Waals surface area contributed by atoms with Crippen LogP contribution in [0, 0.1) is 0 Å². The molecule has 68 valence electrons. The number of hydrogen-bond donors (Lipinski definition) is 1. The molecule has 1 rings (SSSR count). The van der Waals surface area contributed by atoms with Crippen molar-refractivity contribution >= 4 is 11.9 Å². The lowest BCUT2D eigenvalue weighted by Crippen LogP contribution is -2.36. The first kappa shape index (κ1) is 8.99. The van der Waals surface area contributed by atoms with E-state index in [0.29, 0.717) is 0 Å². The van der Waals surface area contributed by atoms with Gasteiger partial charge >= 0.3 is 6.03 Å². The zero-order valence-electron chi connectivity index (χ0n) is 7.15. The molecule has 0 radical (unpaired) electrons. The number of urea groups is 1. The lowest BCUT2D eigenvalue weighted by atomic mass is 10.3. The molecule has 0 aromatic rings. The lowest BCUT2D eigenvalue weighted by molar-refractivity contribution is -0.127. The molecule has 0 atom stereocenters. The SMILES string of the molecule is CC(C)N1CC(=O)N(CO)C1=O. The van der Waals surface area contributed by atoms with Gasteiger partial charge < -0.3 is 10.0 Å². The monoisotopic (exact) mass is 172 g/mol. The number of carbonyl (C=O) groups is 2. The Balaban J connectivity index is 2.75. The summed E-state index contributed by atoms with van der Waals surface area (Å²) >= 11 is 0. The molecule has 12 heavy (non-hydrogen) atoms. The van der Waals surface area contributed by atoms with Gasteiger partial charge in [-0.1, -0.05) is 0 Å². The standard InChI is InChI=1S/C7H12N2O3/c1-5(2)8-3-6(11)9(4-10)7(8)12/h5,10H,3-4H2,1-2H3. The first-order valence-electron chi connectivity index (χ1n) is 3.79. The van der Waals surface area contributed by atoms with Gasteiger partial charge in [0.25, 0.3) is 5.91 Å². The molecule has 0 unspecified atom stereocenters. The summed E-state index contributed by atoms with van der Waals surface area (Å²) in [6.45, 7) is 3.20. The molecule has 1 fully saturated rings. The Kier molecular flexibility index (Phi) is 2.32. The topological polar surface area (TPSA) is 60.9 Å². The van der Waals surface area contributed by atoms with Gasteiger partial charge in [0, 0.05) is 6.04 Å². The molecule has 1 aliphatic rings. The maximum atomic E-state index is 11.3. The maximum Gasteiger partial charge on any atom is 0.329 e. The van der Waals surface area contributed by atoms with Crippen molar-refractivity contribution in [3.63, 3.8) is 0 Å². The van der Waals surface area contributed by atoms with Crippen molar-refractivity contribution in [3.8, 4) is 0 Å². The minimum Gasteiger partial charge on any atom is -0.376 e. The normalized spacial score (nSPS) is 18.3. The second kappa shape index (κ2) is 3.10. The lowest BCUT2D eigenvalue weighted by Gasteiger charge is -2.18. The highest BCUT2D eigenvalue weighted by molar-refractivity contribution is 6.01. The molecule has 0 bridgehead atoms. The van der Waals surface area contributed by atoms with Crippen molar-refractivity contribution in [2.24, 2.45) is 0 Å². The number of hydrogen-bond acceptors (Lipinski definition) is 3. The molecular weight excluding hydrogens is 160 g/mol. The van der Waals surface area contributed by atoms with Crippen LogP contribution in [-0.2, 0) is 4.79 Å². The van der Waals surface area contributed by atoms with Crippen LogP contribution in [0.3, 0.4) is 0 Å². The van der Waals surface area contributed by atoms with Crippen LogP contribution >= 0.6 is 0 Å². The molecule has 3 amide bonds. The van der Waals surface area contributed by atoms with E-state index in [1.165, 1.54) is 4.90 Å². The van der Waals surface area contributed by atoms with Gasteiger partial charge in [-0.05, 0) is 13.8 Å². The van der Waals surface area contributed by atoms with Gasteiger partial charge in [0.2, 0.25) is 0 Å². The molecule has 5 heteroatoms. The Hall–Kier alpha value is -1.10. The van der Waals surface area contributed by atoms with Crippen LogP contribution in [0.4, 0.5) is 4.79 Å². The number of rotatable bonds is 2. The number of carbonyl (C=O) groups excluding carboxylic acids is 2. The van der Waals surface area contributed by atoms with Crippen molar-refractivity contribution in [2.45, 2.75) is 19.9 Å². The number of amides is 3. The third kappa shape index (κ3) is 1.27. The van der Waals surface area contributed by atoms with E-state index >= 15 is 0 Å². The van der Waals surface area contributed by atoms with Crippen LogP contribution in [0.25, 0.3) is 0 Å². The largest absolute Gasteiger partial charge is 0.376 e.